The molecule has 0 atom stereocenters. The second-order valence-electron chi connectivity index (χ2n) is 2.68. The van der Waals surface area contributed by atoms with E-state index in [1.54, 1.807) is 18.0 Å². The largest absolute Gasteiger partial charge is 0.256 e. The normalized spacial score (nSPS) is 16.0. The van der Waals surface area contributed by atoms with Crippen LogP contribution in [0.4, 0.5) is 0 Å². The van der Waals surface area contributed by atoms with Crippen molar-refractivity contribution < 1.29 is 0 Å². The minimum absolute atomic E-state index is 0.677. The van der Waals surface area contributed by atoms with E-state index >= 15 is 0 Å². The molecule has 1 aromatic rings. The van der Waals surface area contributed by atoms with Gasteiger partial charge >= 0.3 is 0 Å². The zero-order chi connectivity index (χ0) is 9.26. The van der Waals surface area contributed by atoms with Gasteiger partial charge < -0.3 is 0 Å². The van der Waals surface area contributed by atoms with Crippen LogP contribution in [0.2, 0.25) is 10.0 Å². The number of nitrogens with one attached hydrogen (secondary N) is 1. The predicted molar refractivity (Wildman–Crippen MR) is 60.0 cm³/mol. The highest BCUT2D eigenvalue weighted by Gasteiger charge is 2.08. The van der Waals surface area contributed by atoms with E-state index in [-0.39, 0.29) is 0 Å². The first-order valence-corrected chi connectivity index (χ1v) is 5.39. The minimum atomic E-state index is 0.677. The Kier molecular flexibility index (Phi) is 2.84. The topological polar surface area (TPSA) is 12.0 Å². The van der Waals surface area contributed by atoms with Crippen molar-refractivity contribution in [1.82, 2.24) is 4.72 Å². The average Bonchev–Trinajstić information content (AvgIpc) is 2.53. The third-order valence-electron chi connectivity index (χ3n) is 1.70. The molecule has 68 valence electrons. The van der Waals surface area contributed by atoms with Gasteiger partial charge in [-0.15, -0.1) is 0 Å². The summed E-state index contributed by atoms with van der Waals surface area (Å²) in [5.41, 5.74) is 1.08. The summed E-state index contributed by atoms with van der Waals surface area (Å²) in [6.45, 7) is 0.893. The monoisotopic (exact) mass is 231 g/mol. The first-order chi connectivity index (χ1) is 6.25. The molecule has 0 aromatic heterocycles. The van der Waals surface area contributed by atoms with Crippen molar-refractivity contribution in [2.75, 3.05) is 6.54 Å². The Labute approximate surface area is 91.2 Å². The maximum absolute atomic E-state index is 5.89. The zero-order valence-corrected chi connectivity index (χ0v) is 9.01. The van der Waals surface area contributed by atoms with E-state index in [1.807, 2.05) is 12.1 Å². The summed E-state index contributed by atoms with van der Waals surface area (Å²) in [4.78, 5) is 1.18. The smallest absolute Gasteiger partial charge is 0.0427 e. The summed E-state index contributed by atoms with van der Waals surface area (Å²) in [5.74, 6) is 0. The van der Waals surface area contributed by atoms with Crippen LogP contribution in [-0.4, -0.2) is 6.54 Å². The van der Waals surface area contributed by atoms with Crippen molar-refractivity contribution in [1.29, 1.82) is 0 Å². The van der Waals surface area contributed by atoms with E-state index in [4.69, 9.17) is 23.2 Å². The van der Waals surface area contributed by atoms with Gasteiger partial charge in [0.25, 0.3) is 0 Å². The molecular weight excluding hydrogens is 225 g/mol. The van der Waals surface area contributed by atoms with Gasteiger partial charge in [-0.1, -0.05) is 29.3 Å². The van der Waals surface area contributed by atoms with Gasteiger partial charge in [-0.2, -0.15) is 0 Å². The highest BCUT2D eigenvalue weighted by atomic mass is 35.5. The van der Waals surface area contributed by atoms with Crippen LogP contribution < -0.4 is 4.72 Å². The third-order valence-corrected chi connectivity index (χ3v) is 3.07. The van der Waals surface area contributed by atoms with Crippen LogP contribution in [0.5, 0.6) is 0 Å². The van der Waals surface area contributed by atoms with E-state index in [1.165, 1.54) is 4.91 Å². The third kappa shape index (κ3) is 2.20. The second kappa shape index (κ2) is 3.93. The van der Waals surface area contributed by atoms with Crippen LogP contribution >= 0.6 is 35.1 Å². The number of hydrogen-bond donors (Lipinski definition) is 1. The lowest BCUT2D eigenvalue weighted by Gasteiger charge is -2.02. The molecule has 1 N–H and O–H groups in total. The van der Waals surface area contributed by atoms with E-state index < -0.39 is 0 Å². The fraction of sp³-hybridized carbons (Fsp3) is 0.111. The van der Waals surface area contributed by atoms with Crippen LogP contribution in [-0.2, 0) is 0 Å². The Balaban J connectivity index is 2.39. The molecule has 4 heteroatoms. The average molecular weight is 232 g/mol. The maximum Gasteiger partial charge on any atom is 0.0427 e. The fourth-order valence-electron chi connectivity index (χ4n) is 1.17. The lowest BCUT2D eigenvalue weighted by atomic mass is 10.2. The summed E-state index contributed by atoms with van der Waals surface area (Å²) in [6, 6.07) is 5.57. The first-order valence-electron chi connectivity index (χ1n) is 3.82. The summed E-state index contributed by atoms with van der Waals surface area (Å²) >= 11 is 13.4. The molecule has 0 aliphatic carbocycles. The molecular formula is C9H7Cl2NS. The molecule has 1 aliphatic heterocycles. The molecule has 0 bridgehead atoms. The van der Waals surface area contributed by atoms with E-state index in [9.17, 15) is 0 Å². The van der Waals surface area contributed by atoms with Crippen LogP contribution in [0.3, 0.4) is 0 Å². The predicted octanol–water partition coefficient (Wildman–Crippen LogP) is 3.59. The molecule has 1 aromatic carbocycles. The molecule has 13 heavy (non-hydrogen) atoms. The zero-order valence-electron chi connectivity index (χ0n) is 6.68. The molecule has 0 spiro atoms. The Morgan fingerprint density at radius 3 is 2.38 bits per heavy atom. The lowest BCUT2D eigenvalue weighted by molar-refractivity contribution is 1.16. The molecule has 0 amide bonds. The number of benzene rings is 1. The molecule has 2 rings (SSSR count). The van der Waals surface area contributed by atoms with E-state index in [2.05, 4.69) is 10.8 Å². The van der Waals surface area contributed by atoms with Crippen molar-refractivity contribution >= 4 is 40.1 Å². The first kappa shape index (κ1) is 9.41. The Morgan fingerprint density at radius 1 is 1.15 bits per heavy atom. The molecule has 0 radical (unpaired) electrons. The van der Waals surface area contributed by atoms with Gasteiger partial charge in [0.05, 0.1) is 0 Å². The van der Waals surface area contributed by atoms with E-state index in [0.29, 0.717) is 10.0 Å². The van der Waals surface area contributed by atoms with Crippen LogP contribution in [0.25, 0.3) is 4.91 Å². The number of halogens is 2. The highest BCUT2D eigenvalue weighted by Crippen LogP contribution is 2.31. The Morgan fingerprint density at radius 2 is 1.85 bits per heavy atom. The maximum atomic E-state index is 5.89. The Bertz CT molecular complexity index is 342. The lowest BCUT2D eigenvalue weighted by Crippen LogP contribution is -1.92. The SMILES string of the molecule is Clc1cc(Cl)cc(C2=CCNS2)c1. The van der Waals surface area contributed by atoms with Gasteiger partial charge in [0.2, 0.25) is 0 Å². The second-order valence-corrected chi connectivity index (χ2v) is 4.48. The molecule has 0 fully saturated rings. The Hall–Kier alpha value is -0.150. The molecule has 1 nitrogen and oxygen atoms in total. The minimum Gasteiger partial charge on any atom is -0.256 e. The summed E-state index contributed by atoms with van der Waals surface area (Å²) in [7, 11) is 0. The van der Waals surface area contributed by atoms with Crippen molar-refractivity contribution in [3.8, 4) is 0 Å². The number of hydrogen-bond acceptors (Lipinski definition) is 2. The quantitative estimate of drug-likeness (QED) is 0.742. The van der Waals surface area contributed by atoms with Crippen molar-refractivity contribution in [2.45, 2.75) is 0 Å². The van der Waals surface area contributed by atoms with Gasteiger partial charge in [0.15, 0.2) is 0 Å². The number of rotatable bonds is 1. The van der Waals surface area contributed by atoms with Gasteiger partial charge in [0.1, 0.15) is 0 Å². The van der Waals surface area contributed by atoms with Gasteiger partial charge in [0, 0.05) is 21.5 Å². The van der Waals surface area contributed by atoms with Crippen molar-refractivity contribution in [2.24, 2.45) is 0 Å². The van der Waals surface area contributed by atoms with Crippen LogP contribution in [0.15, 0.2) is 24.3 Å². The molecule has 0 saturated heterocycles. The molecule has 1 aliphatic rings. The molecule has 0 unspecified atom stereocenters. The fourth-order valence-corrected chi connectivity index (χ4v) is 2.42. The van der Waals surface area contributed by atoms with Gasteiger partial charge in [-0.25, -0.2) is 0 Å². The van der Waals surface area contributed by atoms with Crippen LogP contribution in [0.1, 0.15) is 5.56 Å². The summed E-state index contributed by atoms with van der Waals surface area (Å²) < 4.78 is 3.15. The van der Waals surface area contributed by atoms with Gasteiger partial charge in [-0.3, -0.25) is 4.72 Å². The van der Waals surface area contributed by atoms with Gasteiger partial charge in [-0.05, 0) is 35.7 Å². The summed E-state index contributed by atoms with van der Waals surface area (Å²) in [5, 5.41) is 1.35. The summed E-state index contributed by atoms with van der Waals surface area (Å²) in [6.07, 6.45) is 2.12. The van der Waals surface area contributed by atoms with Crippen molar-refractivity contribution in [3.63, 3.8) is 0 Å². The van der Waals surface area contributed by atoms with Crippen molar-refractivity contribution in [3.05, 3.63) is 39.9 Å². The van der Waals surface area contributed by atoms with Crippen LogP contribution in [0, 0.1) is 0 Å². The highest BCUT2D eigenvalue weighted by molar-refractivity contribution is 8.06. The molecule has 0 saturated carbocycles. The standard InChI is InChI=1S/C9H7Cl2NS/c10-7-3-6(4-8(11)5-7)9-1-2-12-13-9/h1,3-5,12H,2H2. The molecule has 1 heterocycles. The van der Waals surface area contributed by atoms with E-state index in [0.717, 1.165) is 12.1 Å².